The van der Waals surface area contributed by atoms with E-state index < -0.39 is 5.66 Å². The van der Waals surface area contributed by atoms with Crippen molar-refractivity contribution in [3.63, 3.8) is 0 Å². The number of aromatic hydroxyl groups is 1. The lowest BCUT2D eigenvalue weighted by molar-refractivity contribution is -0.130. The summed E-state index contributed by atoms with van der Waals surface area (Å²) < 4.78 is 0. The van der Waals surface area contributed by atoms with Crippen LogP contribution in [-0.4, -0.2) is 27.3 Å². The van der Waals surface area contributed by atoms with Crippen molar-refractivity contribution >= 4 is 23.2 Å². The summed E-state index contributed by atoms with van der Waals surface area (Å²) in [5.41, 5.74) is 2.78. The van der Waals surface area contributed by atoms with Gasteiger partial charge in [-0.3, -0.25) is 9.79 Å². The highest BCUT2D eigenvalue weighted by Gasteiger charge is 2.49. The van der Waals surface area contributed by atoms with Crippen LogP contribution in [0.15, 0.2) is 47.5 Å². The van der Waals surface area contributed by atoms with Crippen LogP contribution in [0, 0.1) is 18.8 Å². The summed E-state index contributed by atoms with van der Waals surface area (Å²) in [7, 11) is 0. The predicted molar refractivity (Wildman–Crippen MR) is 121 cm³/mol. The first-order valence-corrected chi connectivity index (χ1v) is 11.1. The summed E-state index contributed by atoms with van der Waals surface area (Å²) >= 11 is 6.15. The molecule has 0 bridgehead atoms. The lowest BCUT2D eigenvalue weighted by Crippen LogP contribution is -2.48. The van der Waals surface area contributed by atoms with Crippen LogP contribution in [0.2, 0.25) is 5.02 Å². The molecule has 0 radical (unpaired) electrons. The number of phenols is 1. The first kappa shape index (κ1) is 20.9. The molecule has 1 spiro atoms. The Bertz CT molecular complexity index is 953. The number of rotatable bonds is 4. The Balaban J connectivity index is 1.70. The second kappa shape index (κ2) is 8.07. The van der Waals surface area contributed by atoms with Crippen molar-refractivity contribution in [2.45, 2.75) is 58.7 Å². The second-order valence-electron chi connectivity index (χ2n) is 9.10. The van der Waals surface area contributed by atoms with Gasteiger partial charge in [0.15, 0.2) is 0 Å². The lowest BCUT2D eigenvalue weighted by atomic mass is 9.76. The number of hydrogen-bond acceptors (Lipinski definition) is 3. The number of hydrogen-bond donors (Lipinski definition) is 1. The maximum Gasteiger partial charge on any atom is 0.274 e. The van der Waals surface area contributed by atoms with E-state index in [1.165, 1.54) is 11.6 Å². The normalized spacial score (nSPS) is 24.0. The molecule has 2 aromatic carbocycles. The van der Waals surface area contributed by atoms with Gasteiger partial charge in [0.1, 0.15) is 17.1 Å². The molecular formula is C25H29ClN2O2. The van der Waals surface area contributed by atoms with Crippen molar-refractivity contribution in [3.8, 4) is 5.75 Å². The standard InChI is InChI=1S/C25H29ClN2O2/c1-16(2)19-8-10-25(11-9-19)27-23(20-12-21(26)14-22(29)13-20)24(30)28(25)15-18-6-4-17(3)5-7-18/h4-7,12-14,16,19,29H,8-11,15H2,1-3H3. The van der Waals surface area contributed by atoms with Crippen LogP contribution < -0.4 is 0 Å². The first-order valence-electron chi connectivity index (χ1n) is 10.7. The molecule has 0 atom stereocenters. The van der Waals surface area contributed by atoms with E-state index in [2.05, 4.69) is 45.0 Å². The van der Waals surface area contributed by atoms with Crippen molar-refractivity contribution in [3.05, 3.63) is 64.2 Å². The third-order valence-electron chi connectivity index (χ3n) is 6.66. The zero-order chi connectivity index (χ0) is 21.5. The Labute approximate surface area is 183 Å². The maximum absolute atomic E-state index is 13.6. The number of aliphatic imine (C=N–C) groups is 1. The number of phenolic OH excluding ortho intramolecular Hbond substituents is 1. The van der Waals surface area contributed by atoms with E-state index in [4.69, 9.17) is 16.6 Å². The molecular weight excluding hydrogens is 396 g/mol. The number of halogens is 1. The van der Waals surface area contributed by atoms with Gasteiger partial charge in [-0.15, -0.1) is 0 Å². The first-order chi connectivity index (χ1) is 14.3. The average Bonchev–Trinajstić information content (AvgIpc) is 2.95. The van der Waals surface area contributed by atoms with Crippen molar-refractivity contribution in [1.29, 1.82) is 0 Å². The van der Waals surface area contributed by atoms with E-state index in [9.17, 15) is 9.90 Å². The molecule has 1 aliphatic carbocycles. The Morgan fingerprint density at radius 3 is 2.43 bits per heavy atom. The molecule has 1 heterocycles. The van der Waals surface area contributed by atoms with Gasteiger partial charge in [-0.2, -0.15) is 0 Å². The molecule has 1 aliphatic heterocycles. The maximum atomic E-state index is 13.6. The number of carbonyl (C=O) groups excluding carboxylic acids is 1. The molecule has 0 aromatic heterocycles. The molecule has 0 unspecified atom stereocenters. The number of benzene rings is 2. The van der Waals surface area contributed by atoms with Crippen LogP contribution >= 0.6 is 11.6 Å². The number of aryl methyl sites for hydroxylation is 1. The smallest absolute Gasteiger partial charge is 0.274 e. The monoisotopic (exact) mass is 424 g/mol. The Morgan fingerprint density at radius 1 is 1.17 bits per heavy atom. The summed E-state index contributed by atoms with van der Waals surface area (Å²) in [4.78, 5) is 20.5. The highest BCUT2D eigenvalue weighted by atomic mass is 35.5. The SMILES string of the molecule is Cc1ccc(CN2C(=O)C(c3cc(O)cc(Cl)c3)=NC23CCC(C(C)C)CC3)cc1. The van der Waals surface area contributed by atoms with Gasteiger partial charge < -0.3 is 10.0 Å². The Morgan fingerprint density at radius 2 is 1.83 bits per heavy atom. The van der Waals surface area contributed by atoms with Gasteiger partial charge in [0.05, 0.1) is 0 Å². The molecule has 0 saturated heterocycles. The van der Waals surface area contributed by atoms with Gasteiger partial charge in [-0.1, -0.05) is 55.3 Å². The molecule has 5 heteroatoms. The minimum absolute atomic E-state index is 0.0440. The van der Waals surface area contributed by atoms with Crippen LogP contribution in [-0.2, 0) is 11.3 Å². The van der Waals surface area contributed by atoms with E-state index in [-0.39, 0.29) is 11.7 Å². The van der Waals surface area contributed by atoms with Gasteiger partial charge in [0.25, 0.3) is 5.91 Å². The minimum Gasteiger partial charge on any atom is -0.508 e. The number of carbonyl (C=O) groups is 1. The topological polar surface area (TPSA) is 52.9 Å². The van der Waals surface area contributed by atoms with E-state index in [1.54, 1.807) is 12.1 Å². The minimum atomic E-state index is -0.513. The van der Waals surface area contributed by atoms with Gasteiger partial charge in [0.2, 0.25) is 0 Å². The molecule has 4 rings (SSSR count). The largest absolute Gasteiger partial charge is 0.508 e. The second-order valence-corrected chi connectivity index (χ2v) is 9.54. The molecule has 30 heavy (non-hydrogen) atoms. The van der Waals surface area contributed by atoms with Crippen LogP contribution in [0.3, 0.4) is 0 Å². The molecule has 1 amide bonds. The molecule has 1 N–H and O–H groups in total. The van der Waals surface area contributed by atoms with E-state index in [0.717, 1.165) is 31.2 Å². The van der Waals surface area contributed by atoms with Crippen molar-refractivity contribution < 1.29 is 9.90 Å². The fraction of sp³-hybridized carbons (Fsp3) is 0.440. The van der Waals surface area contributed by atoms with Crippen LogP contribution in [0.25, 0.3) is 0 Å². The van der Waals surface area contributed by atoms with E-state index >= 15 is 0 Å². The quantitative estimate of drug-likeness (QED) is 0.681. The molecule has 1 fully saturated rings. The van der Waals surface area contributed by atoms with Gasteiger partial charge in [-0.25, -0.2) is 0 Å². The molecule has 4 nitrogen and oxygen atoms in total. The number of amides is 1. The van der Waals surface area contributed by atoms with Gasteiger partial charge in [-0.05, 0) is 68.2 Å². The Hall–Kier alpha value is -2.33. The fourth-order valence-electron chi connectivity index (χ4n) is 4.78. The van der Waals surface area contributed by atoms with Crippen LogP contribution in [0.4, 0.5) is 0 Å². The van der Waals surface area contributed by atoms with E-state index in [1.807, 2.05) is 4.90 Å². The van der Waals surface area contributed by atoms with Gasteiger partial charge in [0, 0.05) is 17.1 Å². The van der Waals surface area contributed by atoms with Crippen LogP contribution in [0.1, 0.15) is 56.2 Å². The Kier molecular flexibility index (Phi) is 5.63. The van der Waals surface area contributed by atoms with Crippen molar-refractivity contribution in [2.75, 3.05) is 0 Å². The zero-order valence-corrected chi connectivity index (χ0v) is 18.6. The zero-order valence-electron chi connectivity index (χ0n) is 17.9. The highest BCUT2D eigenvalue weighted by molar-refractivity contribution is 6.47. The number of nitrogens with zero attached hydrogens (tertiary/aromatic N) is 2. The van der Waals surface area contributed by atoms with Crippen LogP contribution in [0.5, 0.6) is 5.75 Å². The van der Waals surface area contributed by atoms with Crippen molar-refractivity contribution in [1.82, 2.24) is 4.90 Å². The van der Waals surface area contributed by atoms with Gasteiger partial charge >= 0.3 is 0 Å². The molecule has 2 aromatic rings. The molecule has 2 aliphatic rings. The molecule has 158 valence electrons. The third-order valence-corrected chi connectivity index (χ3v) is 6.88. The molecule has 1 saturated carbocycles. The summed E-state index contributed by atoms with van der Waals surface area (Å²) in [6.45, 7) is 7.14. The fourth-order valence-corrected chi connectivity index (χ4v) is 5.01. The highest BCUT2D eigenvalue weighted by Crippen LogP contribution is 2.44. The lowest BCUT2D eigenvalue weighted by Gasteiger charge is -2.42. The summed E-state index contributed by atoms with van der Waals surface area (Å²) in [5, 5.41) is 10.4. The summed E-state index contributed by atoms with van der Waals surface area (Å²) in [6.07, 6.45) is 3.85. The predicted octanol–water partition coefficient (Wildman–Crippen LogP) is 5.73. The van der Waals surface area contributed by atoms with Crippen molar-refractivity contribution in [2.24, 2.45) is 16.8 Å². The summed E-state index contributed by atoms with van der Waals surface area (Å²) in [5.74, 6) is 1.27. The van der Waals surface area contributed by atoms with E-state index in [0.29, 0.717) is 34.7 Å². The third kappa shape index (κ3) is 3.98. The average molecular weight is 425 g/mol. The summed E-state index contributed by atoms with van der Waals surface area (Å²) in [6, 6.07) is 13.1.